The molecule has 0 spiro atoms. The quantitative estimate of drug-likeness (QED) is 0.785. The summed E-state index contributed by atoms with van der Waals surface area (Å²) in [7, 11) is 0. The van der Waals surface area contributed by atoms with Gasteiger partial charge in [0.05, 0.1) is 0 Å². The number of amides is 1. The van der Waals surface area contributed by atoms with Crippen LogP contribution < -0.4 is 0 Å². The van der Waals surface area contributed by atoms with E-state index in [1.165, 1.54) is 13.1 Å². The number of carbonyl (C=O) groups is 1. The summed E-state index contributed by atoms with van der Waals surface area (Å²) in [4.78, 5) is 18.7. The number of piperazine rings is 1. The average molecular weight is 281 g/mol. The minimum Gasteiger partial charge on any atom is -0.340 e. The van der Waals surface area contributed by atoms with E-state index in [9.17, 15) is 4.79 Å². The van der Waals surface area contributed by atoms with Gasteiger partial charge in [0.2, 0.25) is 5.91 Å². The molecule has 2 heterocycles. The van der Waals surface area contributed by atoms with Crippen LogP contribution in [0.25, 0.3) is 0 Å². The molecule has 0 aromatic rings. The maximum absolute atomic E-state index is 11.4. The fraction of sp³-hybridized carbons (Fsp3) is 0.938. The Kier molecular flexibility index (Phi) is 5.08. The summed E-state index contributed by atoms with van der Waals surface area (Å²) in [5, 5.41) is 0. The summed E-state index contributed by atoms with van der Waals surface area (Å²) in [5.41, 5.74) is 0. The number of carbonyl (C=O) groups excluding carboxylic acids is 1. The molecule has 20 heavy (non-hydrogen) atoms. The van der Waals surface area contributed by atoms with Crippen molar-refractivity contribution in [2.75, 3.05) is 39.3 Å². The lowest BCUT2D eigenvalue weighted by Gasteiger charge is -2.40. The zero-order valence-electron chi connectivity index (χ0n) is 13.8. The molecule has 2 rings (SSSR count). The van der Waals surface area contributed by atoms with Crippen molar-refractivity contribution < 1.29 is 4.79 Å². The summed E-state index contributed by atoms with van der Waals surface area (Å²) in [6, 6.07) is 1.31. The Bertz CT molecular complexity index is 335. The van der Waals surface area contributed by atoms with Gasteiger partial charge in [0.15, 0.2) is 0 Å². The first-order chi connectivity index (χ1) is 9.40. The molecule has 2 aliphatic rings. The van der Waals surface area contributed by atoms with E-state index in [2.05, 4.69) is 37.5 Å². The van der Waals surface area contributed by atoms with E-state index in [1.807, 2.05) is 4.90 Å². The lowest BCUT2D eigenvalue weighted by atomic mass is 9.90. The van der Waals surface area contributed by atoms with Crippen LogP contribution in [-0.2, 0) is 4.79 Å². The van der Waals surface area contributed by atoms with Crippen LogP contribution in [0.2, 0.25) is 0 Å². The lowest BCUT2D eigenvalue weighted by molar-refractivity contribution is -0.131. The van der Waals surface area contributed by atoms with Crippen LogP contribution in [0.15, 0.2) is 0 Å². The second-order valence-electron chi connectivity index (χ2n) is 7.06. The number of hydrogen-bond acceptors (Lipinski definition) is 3. The minimum atomic E-state index is 0.222. The third kappa shape index (κ3) is 3.34. The van der Waals surface area contributed by atoms with Gasteiger partial charge in [0, 0.05) is 58.3 Å². The maximum Gasteiger partial charge on any atom is 0.219 e. The fourth-order valence-electron chi connectivity index (χ4n) is 3.67. The monoisotopic (exact) mass is 281 g/mol. The summed E-state index contributed by atoms with van der Waals surface area (Å²) in [5.74, 6) is 1.72. The third-order valence-electron chi connectivity index (χ3n) is 5.18. The Labute approximate surface area is 124 Å². The molecule has 1 amide bonds. The van der Waals surface area contributed by atoms with Crippen LogP contribution >= 0.6 is 0 Å². The van der Waals surface area contributed by atoms with Gasteiger partial charge in [-0.3, -0.25) is 14.6 Å². The highest BCUT2D eigenvalue weighted by Crippen LogP contribution is 2.30. The topological polar surface area (TPSA) is 26.8 Å². The van der Waals surface area contributed by atoms with Gasteiger partial charge < -0.3 is 4.90 Å². The summed E-state index contributed by atoms with van der Waals surface area (Å²) >= 11 is 0. The molecule has 0 saturated carbocycles. The summed E-state index contributed by atoms with van der Waals surface area (Å²) in [6.45, 7) is 17.3. The Hall–Kier alpha value is -0.610. The van der Waals surface area contributed by atoms with E-state index in [1.54, 1.807) is 6.92 Å². The third-order valence-corrected chi connectivity index (χ3v) is 5.18. The van der Waals surface area contributed by atoms with Crippen LogP contribution in [0.3, 0.4) is 0 Å². The molecule has 2 fully saturated rings. The van der Waals surface area contributed by atoms with Gasteiger partial charge in [0.25, 0.3) is 0 Å². The van der Waals surface area contributed by atoms with Crippen molar-refractivity contribution in [3.8, 4) is 0 Å². The predicted octanol–water partition coefficient (Wildman–Crippen LogP) is 1.52. The minimum absolute atomic E-state index is 0.222. The first-order valence-corrected chi connectivity index (χ1v) is 8.13. The highest BCUT2D eigenvalue weighted by Gasteiger charge is 2.39. The molecule has 116 valence electrons. The molecule has 4 nitrogen and oxygen atoms in total. The molecule has 0 bridgehead atoms. The first kappa shape index (κ1) is 15.8. The highest BCUT2D eigenvalue weighted by atomic mass is 16.2. The zero-order chi connectivity index (χ0) is 14.9. The molecule has 0 N–H and O–H groups in total. The SMILES string of the molecule is CC(=O)N1CCN(C2CN(C(C)C)CC2C(C)C)CC1. The van der Waals surface area contributed by atoms with Crippen molar-refractivity contribution in [2.24, 2.45) is 11.8 Å². The van der Waals surface area contributed by atoms with Gasteiger partial charge in [-0.1, -0.05) is 13.8 Å². The van der Waals surface area contributed by atoms with Gasteiger partial charge in [-0.25, -0.2) is 0 Å². The van der Waals surface area contributed by atoms with Gasteiger partial charge in [-0.2, -0.15) is 0 Å². The van der Waals surface area contributed by atoms with Crippen molar-refractivity contribution >= 4 is 5.91 Å². The average Bonchev–Trinajstić information content (AvgIpc) is 2.84. The van der Waals surface area contributed by atoms with E-state index >= 15 is 0 Å². The molecule has 2 aliphatic heterocycles. The normalized spacial score (nSPS) is 29.6. The van der Waals surface area contributed by atoms with E-state index in [0.29, 0.717) is 12.1 Å². The van der Waals surface area contributed by atoms with Gasteiger partial charge in [0.1, 0.15) is 0 Å². The van der Waals surface area contributed by atoms with Crippen molar-refractivity contribution in [1.29, 1.82) is 0 Å². The van der Waals surface area contributed by atoms with Crippen molar-refractivity contribution in [3.05, 3.63) is 0 Å². The molecule has 0 aromatic carbocycles. The molecule has 2 unspecified atom stereocenters. The summed E-state index contributed by atoms with van der Waals surface area (Å²) < 4.78 is 0. The first-order valence-electron chi connectivity index (χ1n) is 8.13. The predicted molar refractivity (Wildman–Crippen MR) is 82.7 cm³/mol. The van der Waals surface area contributed by atoms with E-state index < -0.39 is 0 Å². The van der Waals surface area contributed by atoms with Crippen molar-refractivity contribution in [1.82, 2.24) is 14.7 Å². The molecule has 2 atom stereocenters. The molecule has 0 aromatic heterocycles. The van der Waals surface area contributed by atoms with Gasteiger partial charge >= 0.3 is 0 Å². The second kappa shape index (κ2) is 6.44. The molecule has 0 aliphatic carbocycles. The fourth-order valence-corrected chi connectivity index (χ4v) is 3.67. The van der Waals surface area contributed by atoms with Gasteiger partial charge in [-0.15, -0.1) is 0 Å². The molecular formula is C16H31N3O. The van der Waals surface area contributed by atoms with E-state index in [0.717, 1.165) is 38.0 Å². The van der Waals surface area contributed by atoms with Crippen molar-refractivity contribution in [2.45, 2.75) is 46.7 Å². The Morgan fingerprint density at radius 3 is 2.05 bits per heavy atom. The maximum atomic E-state index is 11.4. The summed E-state index contributed by atoms with van der Waals surface area (Å²) in [6.07, 6.45) is 0. The van der Waals surface area contributed by atoms with E-state index in [-0.39, 0.29) is 5.91 Å². The van der Waals surface area contributed by atoms with Crippen LogP contribution in [0.1, 0.15) is 34.6 Å². The molecular weight excluding hydrogens is 250 g/mol. The zero-order valence-corrected chi connectivity index (χ0v) is 13.8. The lowest BCUT2D eigenvalue weighted by Crippen LogP contribution is -2.54. The molecule has 0 radical (unpaired) electrons. The van der Waals surface area contributed by atoms with Crippen LogP contribution in [0.4, 0.5) is 0 Å². The number of nitrogens with zero attached hydrogens (tertiary/aromatic N) is 3. The van der Waals surface area contributed by atoms with E-state index in [4.69, 9.17) is 0 Å². The largest absolute Gasteiger partial charge is 0.340 e. The van der Waals surface area contributed by atoms with Crippen LogP contribution in [-0.4, -0.2) is 72.0 Å². The second-order valence-corrected chi connectivity index (χ2v) is 7.06. The smallest absolute Gasteiger partial charge is 0.219 e. The number of rotatable bonds is 3. The Morgan fingerprint density at radius 2 is 1.60 bits per heavy atom. The number of likely N-dealkylation sites (tertiary alicyclic amines) is 1. The molecule has 2 saturated heterocycles. The molecule has 4 heteroatoms. The van der Waals surface area contributed by atoms with Gasteiger partial charge in [-0.05, 0) is 25.7 Å². The van der Waals surface area contributed by atoms with Crippen molar-refractivity contribution in [3.63, 3.8) is 0 Å². The highest BCUT2D eigenvalue weighted by molar-refractivity contribution is 5.73. The number of hydrogen-bond donors (Lipinski definition) is 0. The van der Waals surface area contributed by atoms with Crippen LogP contribution in [0.5, 0.6) is 0 Å². The Balaban J connectivity index is 1.98. The van der Waals surface area contributed by atoms with Crippen LogP contribution in [0, 0.1) is 11.8 Å². The standard InChI is InChI=1S/C16H31N3O/c1-12(2)15-10-19(13(3)4)11-16(15)18-8-6-17(7-9-18)14(5)20/h12-13,15-16H,6-11H2,1-5H3. The Morgan fingerprint density at radius 1 is 1.00 bits per heavy atom.